The minimum absolute atomic E-state index is 0.238. The van der Waals surface area contributed by atoms with Crippen molar-refractivity contribution < 1.29 is 24.2 Å². The Hall–Kier alpha value is -2.59. The number of thiocarbonyl (C=S) groups is 1. The highest BCUT2D eigenvalue weighted by Gasteiger charge is 2.32. The molecule has 0 radical (unpaired) electrons. The van der Waals surface area contributed by atoms with E-state index in [-0.39, 0.29) is 23.3 Å². The fourth-order valence-electron chi connectivity index (χ4n) is 3.27. The number of nitrogens with one attached hydrogen (secondary N) is 1. The van der Waals surface area contributed by atoms with E-state index >= 15 is 0 Å². The van der Waals surface area contributed by atoms with Gasteiger partial charge in [0.25, 0.3) is 5.17 Å². The smallest absolute Gasteiger partial charge is 0.414 e. The van der Waals surface area contributed by atoms with Gasteiger partial charge in [-0.25, -0.2) is 4.79 Å². The van der Waals surface area contributed by atoms with Gasteiger partial charge in [-0.15, -0.1) is 0 Å². The van der Waals surface area contributed by atoms with Gasteiger partial charge in [-0.3, -0.25) is 9.69 Å². The maximum absolute atomic E-state index is 12.2. The maximum atomic E-state index is 12.2. The third kappa shape index (κ3) is 4.63. The molecule has 2 amide bonds. The van der Waals surface area contributed by atoms with E-state index in [1.165, 1.54) is 7.11 Å². The van der Waals surface area contributed by atoms with Crippen LogP contribution in [0.5, 0.6) is 0 Å². The van der Waals surface area contributed by atoms with E-state index in [2.05, 4.69) is 10.2 Å². The summed E-state index contributed by atoms with van der Waals surface area (Å²) in [6.45, 7) is 2.93. The van der Waals surface area contributed by atoms with E-state index < -0.39 is 6.61 Å². The number of hydrogen-bond acceptors (Lipinski definition) is 7. The lowest BCUT2D eigenvalue weighted by Crippen LogP contribution is -2.49. The molecule has 0 bridgehead atoms. The SMILES string of the molecule is COC(=S)NCC1CN(c2ccc(N3CCN(C(=O)CO)CC3)cc2)C(=O)O1. The van der Waals surface area contributed by atoms with Gasteiger partial charge in [0.05, 0.1) is 20.2 Å². The number of aliphatic hydroxyl groups excluding tert-OH is 1. The Bertz CT molecular complexity index is 721. The Morgan fingerprint density at radius 2 is 1.89 bits per heavy atom. The second-order valence-electron chi connectivity index (χ2n) is 6.53. The number of hydrogen-bond donors (Lipinski definition) is 2. The van der Waals surface area contributed by atoms with Gasteiger partial charge in [-0.05, 0) is 36.5 Å². The van der Waals surface area contributed by atoms with Crippen molar-refractivity contribution in [3.63, 3.8) is 0 Å². The van der Waals surface area contributed by atoms with Gasteiger partial charge in [0.1, 0.15) is 12.7 Å². The number of carbonyl (C=O) groups is 2. The summed E-state index contributed by atoms with van der Waals surface area (Å²) in [5, 5.41) is 12.1. The summed E-state index contributed by atoms with van der Waals surface area (Å²) in [5.74, 6) is -0.238. The highest BCUT2D eigenvalue weighted by atomic mass is 32.1. The van der Waals surface area contributed by atoms with Crippen LogP contribution in [0.25, 0.3) is 0 Å². The normalized spacial score (nSPS) is 19.4. The minimum atomic E-state index is -0.450. The van der Waals surface area contributed by atoms with E-state index in [1.807, 2.05) is 24.3 Å². The van der Waals surface area contributed by atoms with Gasteiger partial charge in [0.15, 0.2) is 0 Å². The van der Waals surface area contributed by atoms with E-state index in [0.29, 0.717) is 39.3 Å². The molecule has 9 nitrogen and oxygen atoms in total. The summed E-state index contributed by atoms with van der Waals surface area (Å²) < 4.78 is 10.2. The van der Waals surface area contributed by atoms with Crippen LogP contribution in [-0.4, -0.2) is 86.3 Å². The monoisotopic (exact) mass is 408 g/mol. The number of aliphatic hydroxyl groups is 1. The Kier molecular flexibility index (Phi) is 6.53. The molecule has 10 heteroatoms. The molecule has 1 aromatic carbocycles. The van der Waals surface area contributed by atoms with Gasteiger partial charge in [0.2, 0.25) is 5.91 Å². The molecule has 2 aliphatic rings. The lowest BCUT2D eigenvalue weighted by Gasteiger charge is -2.36. The van der Waals surface area contributed by atoms with Crippen molar-refractivity contribution in [2.75, 3.05) is 62.8 Å². The van der Waals surface area contributed by atoms with E-state index in [0.717, 1.165) is 11.4 Å². The first-order valence-electron chi connectivity index (χ1n) is 9.05. The molecule has 0 saturated carbocycles. The predicted octanol–water partition coefficient (Wildman–Crippen LogP) is 0.174. The van der Waals surface area contributed by atoms with Crippen LogP contribution in [0.2, 0.25) is 0 Å². The molecule has 0 aromatic heterocycles. The molecule has 2 N–H and O–H groups in total. The average Bonchev–Trinajstić information content (AvgIpc) is 3.12. The van der Waals surface area contributed by atoms with Crippen molar-refractivity contribution in [3.05, 3.63) is 24.3 Å². The number of methoxy groups -OCH3 is 1. The van der Waals surface area contributed by atoms with Gasteiger partial charge in [-0.1, -0.05) is 0 Å². The molecule has 2 fully saturated rings. The molecule has 28 heavy (non-hydrogen) atoms. The van der Waals surface area contributed by atoms with Gasteiger partial charge >= 0.3 is 6.09 Å². The second kappa shape index (κ2) is 9.07. The summed E-state index contributed by atoms with van der Waals surface area (Å²) in [6.07, 6.45) is -0.698. The van der Waals surface area contributed by atoms with Crippen molar-refractivity contribution >= 4 is 40.8 Å². The van der Waals surface area contributed by atoms with Crippen LogP contribution in [0.1, 0.15) is 0 Å². The number of amides is 2. The van der Waals surface area contributed by atoms with Crippen LogP contribution < -0.4 is 15.1 Å². The van der Waals surface area contributed by atoms with Crippen LogP contribution >= 0.6 is 12.2 Å². The molecule has 3 rings (SSSR count). The topological polar surface area (TPSA) is 94.6 Å². The van der Waals surface area contributed by atoms with E-state index in [9.17, 15) is 9.59 Å². The van der Waals surface area contributed by atoms with Crippen molar-refractivity contribution in [3.8, 4) is 0 Å². The number of rotatable bonds is 5. The maximum Gasteiger partial charge on any atom is 0.414 e. The second-order valence-corrected chi connectivity index (χ2v) is 6.90. The third-order valence-corrected chi connectivity index (χ3v) is 5.14. The molecule has 2 heterocycles. The highest BCUT2D eigenvalue weighted by molar-refractivity contribution is 7.80. The van der Waals surface area contributed by atoms with Crippen molar-refractivity contribution in [1.29, 1.82) is 0 Å². The number of piperazine rings is 1. The van der Waals surface area contributed by atoms with Crippen molar-refractivity contribution in [2.24, 2.45) is 0 Å². The number of nitrogens with zero attached hydrogens (tertiary/aromatic N) is 3. The molecule has 2 aliphatic heterocycles. The van der Waals surface area contributed by atoms with Crippen LogP contribution in [-0.2, 0) is 14.3 Å². The number of cyclic esters (lactones) is 1. The summed E-state index contributed by atoms with van der Waals surface area (Å²) in [4.78, 5) is 29.1. The zero-order chi connectivity index (χ0) is 20.1. The molecule has 1 aromatic rings. The van der Waals surface area contributed by atoms with Crippen molar-refractivity contribution in [2.45, 2.75) is 6.10 Å². The standard InChI is InChI=1S/C18H24N4O5S/c1-26-17(28)19-10-15-11-22(18(25)27-15)14-4-2-13(3-5-14)20-6-8-21(9-7-20)16(24)12-23/h2-5,15,23H,6-12H2,1H3,(H,19,28). The minimum Gasteiger partial charge on any atom is -0.474 e. The van der Waals surface area contributed by atoms with E-state index in [4.69, 9.17) is 26.8 Å². The molecule has 1 atom stereocenters. The zero-order valence-electron chi connectivity index (χ0n) is 15.7. The average molecular weight is 408 g/mol. The molecule has 1 unspecified atom stereocenters. The Labute approximate surface area is 168 Å². The summed E-state index contributed by atoms with van der Waals surface area (Å²) in [5.41, 5.74) is 1.79. The summed E-state index contributed by atoms with van der Waals surface area (Å²) >= 11 is 4.92. The fraction of sp³-hybridized carbons (Fsp3) is 0.500. The Morgan fingerprint density at radius 3 is 2.50 bits per heavy atom. The Balaban J connectivity index is 1.55. The fourth-order valence-corrected chi connectivity index (χ4v) is 3.35. The van der Waals surface area contributed by atoms with Gasteiger partial charge in [-0.2, -0.15) is 0 Å². The molecular weight excluding hydrogens is 384 g/mol. The third-order valence-electron chi connectivity index (χ3n) is 4.83. The van der Waals surface area contributed by atoms with E-state index in [1.54, 1.807) is 9.80 Å². The first kappa shape index (κ1) is 20.2. The number of benzene rings is 1. The first-order chi connectivity index (χ1) is 13.5. The lowest BCUT2D eigenvalue weighted by atomic mass is 10.2. The molecular formula is C18H24N4O5S. The molecule has 0 aliphatic carbocycles. The number of carbonyl (C=O) groups excluding carboxylic acids is 2. The molecule has 152 valence electrons. The summed E-state index contributed by atoms with van der Waals surface area (Å²) in [6, 6.07) is 7.68. The Morgan fingerprint density at radius 1 is 1.25 bits per heavy atom. The largest absolute Gasteiger partial charge is 0.474 e. The highest BCUT2D eigenvalue weighted by Crippen LogP contribution is 2.25. The van der Waals surface area contributed by atoms with Crippen LogP contribution in [0.15, 0.2) is 24.3 Å². The predicted molar refractivity (Wildman–Crippen MR) is 108 cm³/mol. The van der Waals surface area contributed by atoms with Crippen LogP contribution in [0, 0.1) is 0 Å². The van der Waals surface area contributed by atoms with Crippen LogP contribution in [0.3, 0.4) is 0 Å². The van der Waals surface area contributed by atoms with Gasteiger partial charge in [0, 0.05) is 37.6 Å². The number of ether oxygens (including phenoxy) is 2. The zero-order valence-corrected chi connectivity index (χ0v) is 16.5. The summed E-state index contributed by atoms with van der Waals surface area (Å²) in [7, 11) is 1.48. The van der Waals surface area contributed by atoms with Crippen molar-refractivity contribution in [1.82, 2.24) is 10.2 Å². The quantitative estimate of drug-likeness (QED) is 0.666. The number of anilines is 2. The lowest BCUT2D eigenvalue weighted by molar-refractivity contribution is -0.134. The molecule has 2 saturated heterocycles. The first-order valence-corrected chi connectivity index (χ1v) is 9.46. The van der Waals surface area contributed by atoms with Crippen LogP contribution in [0.4, 0.5) is 16.2 Å². The van der Waals surface area contributed by atoms with Gasteiger partial charge < -0.3 is 29.7 Å². The molecule has 0 spiro atoms.